The number of carbonyl (C=O) groups is 1. The zero-order valence-electron chi connectivity index (χ0n) is 18.4. The number of aromatic nitrogens is 2. The Labute approximate surface area is 199 Å². The Morgan fingerprint density at radius 3 is 2.68 bits per heavy atom. The predicted molar refractivity (Wildman–Crippen MR) is 128 cm³/mol. The van der Waals surface area contributed by atoms with E-state index in [9.17, 15) is 4.79 Å². The van der Waals surface area contributed by atoms with Crippen molar-refractivity contribution in [3.05, 3.63) is 82.7 Å². The molecular formula is C25H20N4O4S. The molecule has 6 rings (SSSR count). The van der Waals surface area contributed by atoms with Crippen LogP contribution >= 0.6 is 11.3 Å². The summed E-state index contributed by atoms with van der Waals surface area (Å²) in [5, 5.41) is 9.29. The van der Waals surface area contributed by atoms with E-state index in [1.807, 2.05) is 61.7 Å². The molecule has 2 aliphatic rings. The summed E-state index contributed by atoms with van der Waals surface area (Å²) in [4.78, 5) is 20.6. The lowest BCUT2D eigenvalue weighted by Crippen LogP contribution is -2.46. The fraction of sp³-hybridized carbons (Fsp3) is 0.160. The van der Waals surface area contributed by atoms with E-state index in [0.717, 1.165) is 21.6 Å². The highest BCUT2D eigenvalue weighted by molar-refractivity contribution is 7.13. The number of thiophene rings is 1. The van der Waals surface area contributed by atoms with Gasteiger partial charge in [-0.15, -0.1) is 11.3 Å². The molecule has 170 valence electrons. The topological polar surface area (TPSA) is 89.7 Å². The van der Waals surface area contributed by atoms with E-state index in [1.54, 1.807) is 17.0 Å². The van der Waals surface area contributed by atoms with Crippen LogP contribution in [-0.4, -0.2) is 23.0 Å². The molecular weight excluding hydrogens is 452 g/mol. The summed E-state index contributed by atoms with van der Waals surface area (Å²) < 4.78 is 16.7. The average Bonchev–Trinajstić information content (AvgIpc) is 3.60. The van der Waals surface area contributed by atoms with Crippen LogP contribution in [-0.2, 0) is 0 Å². The number of allylic oxidation sites excluding steroid dienone is 1. The molecule has 0 saturated heterocycles. The molecule has 0 saturated carbocycles. The Bertz CT molecular complexity index is 1410. The smallest absolute Gasteiger partial charge is 0.327 e. The molecule has 0 radical (unpaired) electrons. The quantitative estimate of drug-likeness (QED) is 0.420. The standard InChI is InChI=1S/C25H20N4O4S/c1-14-5-7-16(8-6-14)22-21(24-27-23(28-33-24)20-4-3-11-34-20)15(2)29(25(30)26-22)17-9-10-18-19(12-17)32-13-31-18/h3-12,22H,13H2,1-2H3,(H,26,30). The maximum absolute atomic E-state index is 13.4. The normalized spacial score (nSPS) is 17.3. The van der Waals surface area contributed by atoms with Gasteiger partial charge in [0.25, 0.3) is 5.89 Å². The van der Waals surface area contributed by atoms with Crippen LogP contribution in [0.15, 0.2) is 70.2 Å². The number of anilines is 1. The lowest BCUT2D eigenvalue weighted by atomic mass is 9.94. The SMILES string of the molecule is CC1=C(c2nc(-c3cccs3)no2)C(c2ccc(C)cc2)NC(=O)N1c1ccc2c(c1)OCO2. The highest BCUT2D eigenvalue weighted by Crippen LogP contribution is 2.42. The maximum atomic E-state index is 13.4. The summed E-state index contributed by atoms with van der Waals surface area (Å²) in [6.07, 6.45) is 0. The highest BCUT2D eigenvalue weighted by Gasteiger charge is 2.37. The first kappa shape index (κ1) is 20.5. The molecule has 2 aliphatic heterocycles. The molecule has 8 nitrogen and oxygen atoms in total. The van der Waals surface area contributed by atoms with Crippen molar-refractivity contribution < 1.29 is 18.8 Å². The van der Waals surface area contributed by atoms with Crippen LogP contribution in [0.3, 0.4) is 0 Å². The Morgan fingerprint density at radius 2 is 1.88 bits per heavy atom. The van der Waals surface area contributed by atoms with Crippen molar-refractivity contribution in [2.75, 3.05) is 11.7 Å². The van der Waals surface area contributed by atoms with E-state index >= 15 is 0 Å². The molecule has 4 aromatic rings. The lowest BCUT2D eigenvalue weighted by Gasteiger charge is -2.35. The van der Waals surface area contributed by atoms with Crippen LogP contribution in [0.2, 0.25) is 0 Å². The monoisotopic (exact) mass is 472 g/mol. The second-order valence-corrected chi connectivity index (χ2v) is 9.01. The molecule has 0 bridgehead atoms. The second-order valence-electron chi connectivity index (χ2n) is 8.07. The average molecular weight is 473 g/mol. The first-order valence-corrected chi connectivity index (χ1v) is 11.6. The molecule has 1 unspecified atom stereocenters. The van der Waals surface area contributed by atoms with E-state index in [-0.39, 0.29) is 12.8 Å². The highest BCUT2D eigenvalue weighted by atomic mass is 32.1. The van der Waals surface area contributed by atoms with E-state index in [2.05, 4.69) is 15.5 Å². The van der Waals surface area contributed by atoms with E-state index in [1.165, 1.54) is 11.3 Å². The number of ether oxygens (including phenoxy) is 2. The largest absolute Gasteiger partial charge is 0.454 e. The van der Waals surface area contributed by atoms with Gasteiger partial charge in [0.05, 0.1) is 22.2 Å². The third kappa shape index (κ3) is 3.41. The molecule has 1 N–H and O–H groups in total. The van der Waals surface area contributed by atoms with Crippen LogP contribution < -0.4 is 19.7 Å². The summed E-state index contributed by atoms with van der Waals surface area (Å²) in [5.41, 5.74) is 4.13. The van der Waals surface area contributed by atoms with Gasteiger partial charge in [-0.25, -0.2) is 4.79 Å². The zero-order valence-corrected chi connectivity index (χ0v) is 19.3. The molecule has 34 heavy (non-hydrogen) atoms. The van der Waals surface area contributed by atoms with Gasteiger partial charge in [-0.2, -0.15) is 4.98 Å². The first-order valence-electron chi connectivity index (χ1n) is 10.7. The Balaban J connectivity index is 1.49. The van der Waals surface area contributed by atoms with E-state index in [0.29, 0.717) is 34.6 Å². The summed E-state index contributed by atoms with van der Waals surface area (Å²) in [6, 6.07) is 16.6. The van der Waals surface area contributed by atoms with Gasteiger partial charge >= 0.3 is 6.03 Å². The minimum absolute atomic E-state index is 0.161. The van der Waals surface area contributed by atoms with E-state index in [4.69, 9.17) is 14.0 Å². The summed E-state index contributed by atoms with van der Waals surface area (Å²) >= 11 is 1.54. The van der Waals surface area contributed by atoms with Gasteiger partial charge in [-0.05, 0) is 43.0 Å². The fourth-order valence-corrected chi connectivity index (χ4v) is 4.85. The van der Waals surface area contributed by atoms with Crippen LogP contribution in [0.25, 0.3) is 16.3 Å². The summed E-state index contributed by atoms with van der Waals surface area (Å²) in [5.74, 6) is 2.12. The third-order valence-electron chi connectivity index (χ3n) is 5.91. The van der Waals surface area contributed by atoms with Crippen molar-refractivity contribution >= 4 is 28.6 Å². The van der Waals surface area contributed by atoms with Gasteiger partial charge in [-0.3, -0.25) is 4.90 Å². The van der Waals surface area contributed by atoms with Gasteiger partial charge in [0.1, 0.15) is 0 Å². The maximum Gasteiger partial charge on any atom is 0.327 e. The second kappa shape index (κ2) is 8.03. The molecule has 2 aromatic carbocycles. The van der Waals surface area contributed by atoms with Crippen LogP contribution in [0.4, 0.5) is 10.5 Å². The van der Waals surface area contributed by atoms with E-state index < -0.39 is 6.04 Å². The number of fused-ring (bicyclic) bond motifs is 1. The number of aryl methyl sites for hydroxylation is 1. The minimum Gasteiger partial charge on any atom is -0.454 e. The molecule has 2 amide bonds. The molecule has 0 spiro atoms. The zero-order chi connectivity index (χ0) is 23.2. The first-order chi connectivity index (χ1) is 16.6. The molecule has 0 aliphatic carbocycles. The Hall–Kier alpha value is -4.11. The number of amides is 2. The van der Waals surface area contributed by atoms with Crippen molar-refractivity contribution in [2.45, 2.75) is 19.9 Å². The fourth-order valence-electron chi connectivity index (χ4n) is 4.20. The Kier molecular flexibility index (Phi) is 4.84. The summed E-state index contributed by atoms with van der Waals surface area (Å²) in [6.45, 7) is 4.07. The van der Waals surface area contributed by atoms with Crippen molar-refractivity contribution in [1.82, 2.24) is 15.5 Å². The van der Waals surface area contributed by atoms with Gasteiger partial charge in [0, 0.05) is 11.8 Å². The van der Waals surface area contributed by atoms with Gasteiger partial charge in [0.15, 0.2) is 11.5 Å². The van der Waals surface area contributed by atoms with Crippen molar-refractivity contribution in [3.8, 4) is 22.2 Å². The van der Waals surface area contributed by atoms with Crippen LogP contribution in [0, 0.1) is 6.92 Å². The molecule has 9 heteroatoms. The number of nitrogens with one attached hydrogen (secondary N) is 1. The molecule has 0 fully saturated rings. The number of hydrogen-bond acceptors (Lipinski definition) is 7. The Morgan fingerprint density at radius 1 is 1.06 bits per heavy atom. The number of carbonyl (C=O) groups excluding carboxylic acids is 1. The minimum atomic E-state index is -0.449. The lowest BCUT2D eigenvalue weighted by molar-refractivity contribution is 0.174. The number of benzene rings is 2. The molecule has 1 atom stereocenters. The van der Waals surface area contributed by atoms with Crippen molar-refractivity contribution in [2.24, 2.45) is 0 Å². The molecule has 4 heterocycles. The molecule has 2 aromatic heterocycles. The third-order valence-corrected chi connectivity index (χ3v) is 6.77. The number of hydrogen-bond donors (Lipinski definition) is 1. The number of nitrogens with zero attached hydrogens (tertiary/aromatic N) is 3. The van der Waals surface area contributed by atoms with Crippen LogP contribution in [0.5, 0.6) is 11.5 Å². The van der Waals surface area contributed by atoms with Gasteiger partial charge in [0.2, 0.25) is 12.6 Å². The van der Waals surface area contributed by atoms with Crippen molar-refractivity contribution in [1.29, 1.82) is 0 Å². The van der Waals surface area contributed by atoms with Crippen LogP contribution in [0.1, 0.15) is 30.0 Å². The van der Waals surface area contributed by atoms with Gasteiger partial charge < -0.3 is 19.3 Å². The summed E-state index contributed by atoms with van der Waals surface area (Å²) in [7, 11) is 0. The number of rotatable bonds is 4. The predicted octanol–water partition coefficient (Wildman–Crippen LogP) is 5.54. The van der Waals surface area contributed by atoms with Gasteiger partial charge in [-0.1, -0.05) is 41.1 Å². The van der Waals surface area contributed by atoms with Crippen molar-refractivity contribution in [3.63, 3.8) is 0 Å². The number of urea groups is 1.